The number of rotatable bonds is 31. The van der Waals surface area contributed by atoms with Gasteiger partial charge in [-0.25, -0.2) is 0 Å². The summed E-state index contributed by atoms with van der Waals surface area (Å²) in [4.78, 5) is 76.6. The third kappa shape index (κ3) is 20.6. The Bertz CT molecular complexity index is 2750. The van der Waals surface area contributed by atoms with E-state index in [1.165, 1.54) is 20.3 Å². The molecule has 5 saturated heterocycles. The van der Waals surface area contributed by atoms with Gasteiger partial charge in [-0.3, -0.25) is 24.0 Å². The Morgan fingerprint density at radius 1 is 0.370 bits per heavy atom. The monoisotopic (exact) mass is 1410 g/mol. The number of piperidine rings is 5. The highest BCUT2D eigenvalue weighted by Gasteiger charge is 2.57. The minimum atomic E-state index is -1.68. The fraction of sp³-hybridized carbons (Fsp3) is 0.864. The van der Waals surface area contributed by atoms with Gasteiger partial charge < -0.3 is 49.8 Å². The Morgan fingerprint density at radius 2 is 0.620 bits per heavy atom. The molecule has 0 radical (unpaired) electrons. The highest BCUT2D eigenvalue weighted by molar-refractivity contribution is 6.01. The van der Waals surface area contributed by atoms with Crippen LogP contribution >= 0.6 is 0 Å². The van der Waals surface area contributed by atoms with Crippen molar-refractivity contribution in [2.45, 2.75) is 432 Å². The van der Waals surface area contributed by atoms with Gasteiger partial charge in [0.15, 0.2) is 10.8 Å². The Kier molecular flexibility index (Phi) is 27.3. The zero-order valence-corrected chi connectivity index (χ0v) is 67.1. The van der Waals surface area contributed by atoms with E-state index in [1.807, 2.05) is 125 Å². The second-order valence-electron chi connectivity index (χ2n) is 38.5. The van der Waals surface area contributed by atoms with E-state index in [0.29, 0.717) is 141 Å². The van der Waals surface area contributed by atoms with E-state index in [-0.39, 0.29) is 48.8 Å². The van der Waals surface area contributed by atoms with Crippen molar-refractivity contribution in [1.82, 2.24) is 25.6 Å². The van der Waals surface area contributed by atoms with E-state index in [0.717, 1.165) is 29.5 Å². The van der Waals surface area contributed by atoms with Gasteiger partial charge >= 0.3 is 29.8 Å². The minimum Gasteiger partial charge on any atom is -0.462 e. The smallest absolute Gasteiger partial charge is 0.323 e. The van der Waals surface area contributed by atoms with Crippen LogP contribution in [0.1, 0.15) is 343 Å². The molecular weight excluding hydrogens is 1270 g/mol. The van der Waals surface area contributed by atoms with Crippen molar-refractivity contribution in [1.29, 1.82) is 0 Å². The molecule has 1 atom stereocenters. The molecule has 100 heavy (non-hydrogen) atoms. The fourth-order valence-electron chi connectivity index (χ4n) is 19.0. The average molecular weight is 1410 g/mol. The SMILES string of the molecule is CCCCC(C)(CCCc1cc(CCCC(CCCC)(C(=O)OC2CC(C)(C)N(O)C(C)(C)C2)C(=O)OC2CC(C)(C)N(O)C(C)(C)C2)ccc1CCCC(CCCC)(C(=O)OC1CC(C)(C)N(O)C(C)(C)C1)C(=O)OC1CC(C)(C)N(O)C(C)(C)C1)C(=O)OC1CC(C)(C)NC(C)(C)C1. The number of nitrogens with one attached hydrogen (secondary N) is 1. The summed E-state index contributed by atoms with van der Waals surface area (Å²) in [7, 11) is 0. The summed E-state index contributed by atoms with van der Waals surface area (Å²) in [6, 6.07) is 6.47. The predicted molar refractivity (Wildman–Crippen MR) is 391 cm³/mol. The first-order chi connectivity index (χ1) is 45.8. The van der Waals surface area contributed by atoms with Gasteiger partial charge in [0.05, 0.1) is 5.41 Å². The second kappa shape index (κ2) is 32.1. The van der Waals surface area contributed by atoms with Crippen LogP contribution < -0.4 is 5.32 Å². The van der Waals surface area contributed by atoms with Crippen molar-refractivity contribution in [3.63, 3.8) is 0 Å². The molecule has 0 spiro atoms. The molecule has 5 heterocycles. The summed E-state index contributed by atoms with van der Waals surface area (Å²) in [5.74, 6) is -2.64. The number of aryl methyl sites for hydroxylation is 3. The van der Waals surface area contributed by atoms with Gasteiger partial charge in [-0.15, -0.1) is 0 Å². The number of carbonyl (C=O) groups excluding carboxylic acids is 5. The topological polar surface area (TPSA) is 237 Å². The number of benzene rings is 1. The molecule has 1 aromatic carbocycles. The molecule has 574 valence electrons. The summed E-state index contributed by atoms with van der Waals surface area (Å²) >= 11 is 0. The molecule has 6 rings (SSSR count). The van der Waals surface area contributed by atoms with Crippen molar-refractivity contribution >= 4 is 29.8 Å². The molecule has 5 aliphatic heterocycles. The van der Waals surface area contributed by atoms with E-state index in [9.17, 15) is 25.6 Å². The molecule has 19 nitrogen and oxygen atoms in total. The van der Waals surface area contributed by atoms with Gasteiger partial charge in [0.25, 0.3) is 0 Å². The van der Waals surface area contributed by atoms with Crippen LogP contribution in [-0.2, 0) is 66.9 Å². The molecule has 0 saturated carbocycles. The number of ether oxygens (including phenoxy) is 5. The van der Waals surface area contributed by atoms with Crippen LogP contribution in [0.2, 0.25) is 0 Å². The maximum Gasteiger partial charge on any atom is 0.323 e. The molecule has 0 aliphatic carbocycles. The Balaban J connectivity index is 1.39. The van der Waals surface area contributed by atoms with Gasteiger partial charge in [0.2, 0.25) is 0 Å². The molecule has 1 aromatic rings. The molecule has 0 aromatic heterocycles. The van der Waals surface area contributed by atoms with Gasteiger partial charge in [-0.2, -0.15) is 20.3 Å². The molecule has 5 N–H and O–H groups in total. The highest BCUT2D eigenvalue weighted by Crippen LogP contribution is 2.47. The summed E-state index contributed by atoms with van der Waals surface area (Å²) in [6.07, 6.45) is 11.1. The standard InChI is InChI=1S/C81H141N5O14/c1-25-28-39-79(24,64(87)96-59-46-69(4,5)82-70(6,7)47-59)40-32-36-58-45-56(34-31-43-80(41-29-26-2,65(88)97-60-48-71(8,9)83(92)72(10,11)49-60)66(89)98-61-50-73(12,13)84(93)74(14,15)51-61)37-38-57(58)35-33-44-81(42-30-27-3,67(90)99-62-52-75(16,17)85(94)76(18,19)53-62)68(91)100-63-54-77(20,21)86(95)78(22,23)55-63/h37-38,45,59-63,82,92-95H,25-36,39-44,46-55H2,1-24H3. The van der Waals surface area contributed by atoms with Gasteiger partial charge in [-0.1, -0.05) is 77.5 Å². The van der Waals surface area contributed by atoms with Crippen molar-refractivity contribution in [2.75, 3.05) is 0 Å². The van der Waals surface area contributed by atoms with Crippen molar-refractivity contribution in [3.8, 4) is 0 Å². The quantitative estimate of drug-likeness (QED) is 0.0264. The lowest BCUT2D eigenvalue weighted by Crippen LogP contribution is -2.61. The Hall–Kier alpha value is -3.79. The van der Waals surface area contributed by atoms with Crippen LogP contribution in [0, 0.1) is 16.2 Å². The van der Waals surface area contributed by atoms with Crippen LogP contribution in [0.15, 0.2) is 18.2 Å². The zero-order valence-electron chi connectivity index (χ0n) is 67.1. The molecule has 5 fully saturated rings. The number of hydroxylamine groups is 8. The summed E-state index contributed by atoms with van der Waals surface area (Å²) in [5.41, 5.74) is -7.25. The van der Waals surface area contributed by atoms with Crippen LogP contribution in [-0.4, -0.2) is 157 Å². The van der Waals surface area contributed by atoms with Gasteiger partial charge in [0, 0.05) is 120 Å². The molecule has 0 amide bonds. The number of hydrogen-bond donors (Lipinski definition) is 5. The highest BCUT2D eigenvalue weighted by atomic mass is 16.6. The maximum atomic E-state index is 15.5. The Morgan fingerprint density at radius 3 is 0.940 bits per heavy atom. The summed E-state index contributed by atoms with van der Waals surface area (Å²) < 4.78 is 32.9. The van der Waals surface area contributed by atoms with Gasteiger partial charge in [0.1, 0.15) is 30.5 Å². The second-order valence-corrected chi connectivity index (χ2v) is 38.5. The number of unbranched alkanes of at least 4 members (excludes halogenated alkanes) is 3. The molecule has 1 unspecified atom stereocenters. The number of nitrogens with zero attached hydrogens (tertiary/aromatic N) is 4. The third-order valence-corrected chi connectivity index (χ3v) is 23.5. The van der Waals surface area contributed by atoms with Crippen molar-refractivity contribution in [2.24, 2.45) is 16.2 Å². The normalized spacial score (nSPS) is 24.2. The number of hydrogen-bond acceptors (Lipinski definition) is 19. The van der Waals surface area contributed by atoms with E-state index < -0.39 is 109 Å². The van der Waals surface area contributed by atoms with E-state index in [2.05, 4.69) is 65.1 Å². The summed E-state index contributed by atoms with van der Waals surface area (Å²) in [6.45, 7) is 47.7. The van der Waals surface area contributed by atoms with Crippen LogP contribution in [0.3, 0.4) is 0 Å². The van der Waals surface area contributed by atoms with Crippen LogP contribution in [0.25, 0.3) is 0 Å². The number of esters is 5. The molecule has 19 heteroatoms. The average Bonchev–Trinajstić information content (AvgIpc) is 0.774. The van der Waals surface area contributed by atoms with E-state index in [1.54, 1.807) is 0 Å². The predicted octanol–water partition coefficient (Wildman–Crippen LogP) is 16.9. The zero-order chi connectivity index (χ0) is 75.5. The lowest BCUT2D eigenvalue weighted by Gasteiger charge is -2.51. The largest absolute Gasteiger partial charge is 0.462 e. The lowest BCUT2D eigenvalue weighted by atomic mass is 9.76. The van der Waals surface area contributed by atoms with Gasteiger partial charge in [-0.05, 0) is 239 Å². The lowest BCUT2D eigenvalue weighted by molar-refractivity contribution is -0.263. The van der Waals surface area contributed by atoms with Crippen molar-refractivity contribution in [3.05, 3.63) is 34.9 Å². The van der Waals surface area contributed by atoms with Crippen LogP contribution in [0.4, 0.5) is 0 Å². The first-order valence-corrected chi connectivity index (χ1v) is 38.7. The third-order valence-electron chi connectivity index (χ3n) is 23.5. The minimum absolute atomic E-state index is 0.141. The first kappa shape index (κ1) is 85.1. The summed E-state index contributed by atoms with van der Waals surface area (Å²) in [5, 5.41) is 54.3. The van der Waals surface area contributed by atoms with E-state index in [4.69, 9.17) is 23.7 Å². The number of carbonyl (C=O) groups is 5. The van der Waals surface area contributed by atoms with Crippen LogP contribution in [0.5, 0.6) is 0 Å². The molecule has 5 aliphatic rings. The molecule has 0 bridgehead atoms. The first-order valence-electron chi connectivity index (χ1n) is 38.7. The molecular formula is C81H141N5O14. The van der Waals surface area contributed by atoms with E-state index >= 15 is 19.2 Å². The van der Waals surface area contributed by atoms with Crippen molar-refractivity contribution < 1.29 is 68.5 Å². The Labute approximate surface area is 604 Å². The maximum absolute atomic E-state index is 15.5. The fourth-order valence-corrected chi connectivity index (χ4v) is 19.0.